The van der Waals surface area contributed by atoms with Gasteiger partial charge in [-0.05, 0) is 12.5 Å². The molecule has 18 heavy (non-hydrogen) atoms. The highest BCUT2D eigenvalue weighted by atomic mass is 16.1. The summed E-state index contributed by atoms with van der Waals surface area (Å²) in [5, 5.41) is 6.18. The number of amides is 1. The van der Waals surface area contributed by atoms with Gasteiger partial charge in [0.2, 0.25) is 5.91 Å². The average molecular weight is 245 g/mol. The zero-order valence-corrected chi connectivity index (χ0v) is 10.2. The molecule has 1 unspecified atom stereocenters. The van der Waals surface area contributed by atoms with Crippen LogP contribution >= 0.6 is 0 Å². The molecule has 3 rings (SSSR count). The Morgan fingerprint density at radius 2 is 2.44 bits per heavy atom. The quantitative estimate of drug-likeness (QED) is 0.833. The Hall–Kier alpha value is -2.11. The molecular weight excluding hydrogens is 230 g/mol. The lowest BCUT2D eigenvalue weighted by Gasteiger charge is -2.11. The molecule has 2 aromatic heterocycles. The number of anilines is 1. The van der Waals surface area contributed by atoms with Crippen molar-refractivity contribution in [3.8, 4) is 0 Å². The van der Waals surface area contributed by atoms with Gasteiger partial charge < -0.3 is 15.2 Å². The molecule has 6 heteroatoms. The molecule has 0 bridgehead atoms. The monoisotopic (exact) mass is 245 g/mol. The molecule has 1 amide bonds. The van der Waals surface area contributed by atoms with Crippen molar-refractivity contribution in [1.82, 2.24) is 19.9 Å². The third-order valence-electron chi connectivity index (χ3n) is 3.24. The van der Waals surface area contributed by atoms with Crippen LogP contribution in [0, 0.1) is 0 Å². The summed E-state index contributed by atoms with van der Waals surface area (Å²) in [6.45, 7) is 0.689. The molecule has 1 aliphatic heterocycles. The molecule has 2 N–H and O–H groups in total. The number of carbonyl (C=O) groups is 1. The summed E-state index contributed by atoms with van der Waals surface area (Å²) in [4.78, 5) is 19.7. The topological polar surface area (TPSA) is 71.8 Å². The molecule has 0 spiro atoms. The van der Waals surface area contributed by atoms with Gasteiger partial charge >= 0.3 is 0 Å². The number of aryl methyl sites for hydroxylation is 1. The van der Waals surface area contributed by atoms with Crippen molar-refractivity contribution < 1.29 is 4.79 Å². The fourth-order valence-electron chi connectivity index (χ4n) is 2.24. The van der Waals surface area contributed by atoms with E-state index in [0.29, 0.717) is 13.0 Å². The second kappa shape index (κ2) is 4.29. The Labute approximate surface area is 104 Å². The van der Waals surface area contributed by atoms with E-state index in [2.05, 4.69) is 20.6 Å². The van der Waals surface area contributed by atoms with Crippen LogP contribution in [0.1, 0.15) is 12.8 Å². The average Bonchev–Trinajstić information content (AvgIpc) is 2.94. The fraction of sp³-hybridized carbons (Fsp3) is 0.417. The molecule has 0 radical (unpaired) electrons. The highest BCUT2D eigenvalue weighted by Gasteiger charge is 2.20. The third-order valence-corrected chi connectivity index (χ3v) is 3.24. The van der Waals surface area contributed by atoms with Gasteiger partial charge in [-0.25, -0.2) is 9.97 Å². The standard InChI is InChI=1S/C12H15N5O/c1-17-7-15-11-9(17)4-5-13-12(11)14-6-8-2-3-10(18)16-8/h4-5,7-8H,2-3,6H2,1H3,(H,13,14)(H,16,18). The first-order valence-corrected chi connectivity index (χ1v) is 6.03. The van der Waals surface area contributed by atoms with Gasteiger partial charge in [0.15, 0.2) is 5.82 Å². The highest BCUT2D eigenvalue weighted by molar-refractivity contribution is 5.85. The fourth-order valence-corrected chi connectivity index (χ4v) is 2.24. The molecule has 1 aliphatic rings. The summed E-state index contributed by atoms with van der Waals surface area (Å²) in [7, 11) is 1.95. The molecule has 1 saturated heterocycles. The molecule has 0 saturated carbocycles. The maximum Gasteiger partial charge on any atom is 0.220 e. The molecule has 3 heterocycles. The zero-order valence-electron chi connectivity index (χ0n) is 10.2. The van der Waals surface area contributed by atoms with Crippen molar-refractivity contribution in [3.05, 3.63) is 18.6 Å². The normalized spacial score (nSPS) is 19.2. The van der Waals surface area contributed by atoms with Gasteiger partial charge in [-0.15, -0.1) is 0 Å². The number of hydrogen-bond acceptors (Lipinski definition) is 4. The molecule has 2 aromatic rings. The number of nitrogens with one attached hydrogen (secondary N) is 2. The Kier molecular flexibility index (Phi) is 2.62. The van der Waals surface area contributed by atoms with Crippen molar-refractivity contribution in [1.29, 1.82) is 0 Å². The minimum absolute atomic E-state index is 0.130. The van der Waals surface area contributed by atoms with Crippen LogP contribution in [-0.4, -0.2) is 33.0 Å². The van der Waals surface area contributed by atoms with E-state index in [9.17, 15) is 4.79 Å². The number of rotatable bonds is 3. The van der Waals surface area contributed by atoms with Crippen molar-refractivity contribution in [2.24, 2.45) is 7.05 Å². The number of pyridine rings is 1. The van der Waals surface area contributed by atoms with Crippen molar-refractivity contribution in [2.45, 2.75) is 18.9 Å². The number of imidazole rings is 1. The Morgan fingerprint density at radius 3 is 3.22 bits per heavy atom. The Morgan fingerprint density at radius 1 is 1.56 bits per heavy atom. The van der Waals surface area contributed by atoms with Crippen LogP contribution < -0.4 is 10.6 Å². The van der Waals surface area contributed by atoms with E-state index < -0.39 is 0 Å². The predicted molar refractivity (Wildman–Crippen MR) is 68.2 cm³/mol. The van der Waals surface area contributed by atoms with Gasteiger partial charge in [-0.1, -0.05) is 0 Å². The predicted octanol–water partition coefficient (Wildman–Crippen LogP) is 0.659. The summed E-state index contributed by atoms with van der Waals surface area (Å²) in [5.41, 5.74) is 1.91. The first-order chi connectivity index (χ1) is 8.74. The van der Waals surface area contributed by atoms with Crippen LogP contribution in [0.15, 0.2) is 18.6 Å². The van der Waals surface area contributed by atoms with Crippen LogP contribution in [0.2, 0.25) is 0 Å². The lowest BCUT2D eigenvalue weighted by atomic mass is 10.2. The lowest BCUT2D eigenvalue weighted by molar-refractivity contribution is -0.119. The molecule has 1 fully saturated rings. The maximum absolute atomic E-state index is 11.1. The number of hydrogen-bond donors (Lipinski definition) is 2. The Bertz CT molecular complexity index is 591. The van der Waals surface area contributed by atoms with Crippen molar-refractivity contribution >= 4 is 22.8 Å². The molecule has 0 aromatic carbocycles. The largest absolute Gasteiger partial charge is 0.366 e. The van der Waals surface area contributed by atoms with E-state index >= 15 is 0 Å². The van der Waals surface area contributed by atoms with E-state index in [4.69, 9.17) is 0 Å². The van der Waals surface area contributed by atoms with Crippen molar-refractivity contribution in [2.75, 3.05) is 11.9 Å². The van der Waals surface area contributed by atoms with E-state index in [1.165, 1.54) is 0 Å². The van der Waals surface area contributed by atoms with Gasteiger partial charge in [-0.2, -0.15) is 0 Å². The second-order valence-corrected chi connectivity index (χ2v) is 4.57. The van der Waals surface area contributed by atoms with Gasteiger partial charge in [-0.3, -0.25) is 4.79 Å². The molecule has 6 nitrogen and oxygen atoms in total. The molecule has 1 atom stereocenters. The number of carbonyl (C=O) groups excluding carboxylic acids is 1. The summed E-state index contributed by atoms with van der Waals surface area (Å²) in [6, 6.07) is 2.13. The van der Waals surface area contributed by atoms with Crippen LogP contribution in [0.4, 0.5) is 5.82 Å². The summed E-state index contributed by atoms with van der Waals surface area (Å²) >= 11 is 0. The molecule has 0 aliphatic carbocycles. The van der Waals surface area contributed by atoms with E-state index in [-0.39, 0.29) is 11.9 Å². The van der Waals surface area contributed by atoms with Gasteiger partial charge in [0.1, 0.15) is 5.52 Å². The first kappa shape index (κ1) is 11.0. The van der Waals surface area contributed by atoms with Crippen LogP contribution in [0.25, 0.3) is 11.0 Å². The minimum atomic E-state index is 0.130. The van der Waals surface area contributed by atoms with Crippen LogP contribution in [0.5, 0.6) is 0 Å². The van der Waals surface area contributed by atoms with Crippen LogP contribution in [-0.2, 0) is 11.8 Å². The molecular formula is C12H15N5O. The summed E-state index contributed by atoms with van der Waals surface area (Å²) in [6.07, 6.45) is 5.03. The first-order valence-electron chi connectivity index (χ1n) is 6.03. The molecule has 94 valence electrons. The number of nitrogens with zero attached hydrogens (tertiary/aromatic N) is 3. The number of aromatic nitrogens is 3. The van der Waals surface area contributed by atoms with Gasteiger partial charge in [0, 0.05) is 32.3 Å². The van der Waals surface area contributed by atoms with E-state index in [1.54, 1.807) is 12.5 Å². The maximum atomic E-state index is 11.1. The zero-order chi connectivity index (χ0) is 12.5. The van der Waals surface area contributed by atoms with Gasteiger partial charge in [0.05, 0.1) is 11.8 Å². The number of fused-ring (bicyclic) bond motifs is 1. The highest BCUT2D eigenvalue weighted by Crippen LogP contribution is 2.18. The Balaban J connectivity index is 1.76. The van der Waals surface area contributed by atoms with Crippen molar-refractivity contribution in [3.63, 3.8) is 0 Å². The van der Waals surface area contributed by atoms with E-state index in [0.717, 1.165) is 23.3 Å². The summed E-state index contributed by atoms with van der Waals surface area (Å²) < 4.78 is 1.96. The van der Waals surface area contributed by atoms with Crippen LogP contribution in [0.3, 0.4) is 0 Å². The van der Waals surface area contributed by atoms with Gasteiger partial charge in [0.25, 0.3) is 0 Å². The smallest absolute Gasteiger partial charge is 0.220 e. The third kappa shape index (κ3) is 1.90. The summed E-state index contributed by atoms with van der Waals surface area (Å²) in [5.74, 6) is 0.903. The SMILES string of the molecule is Cn1cnc2c(NCC3CCC(=O)N3)nccc21. The van der Waals surface area contributed by atoms with E-state index in [1.807, 2.05) is 17.7 Å². The lowest BCUT2D eigenvalue weighted by Crippen LogP contribution is -2.32. The minimum Gasteiger partial charge on any atom is -0.366 e. The second-order valence-electron chi connectivity index (χ2n) is 4.57.